The van der Waals surface area contributed by atoms with Crippen LogP contribution in [0.15, 0.2) is 60.7 Å². The predicted octanol–water partition coefficient (Wildman–Crippen LogP) is 6.35. The van der Waals surface area contributed by atoms with E-state index in [9.17, 15) is 9.18 Å². The second kappa shape index (κ2) is 27.2. The summed E-state index contributed by atoms with van der Waals surface area (Å²) in [4.78, 5) is 12.3. The number of nitrogens with zero attached hydrogens (tertiary/aromatic N) is 1. The fraction of sp³-hybridized carbons (Fsp3) is 0.458. The van der Waals surface area contributed by atoms with Crippen LogP contribution in [-0.2, 0) is 4.74 Å². The van der Waals surface area contributed by atoms with Gasteiger partial charge < -0.3 is 9.64 Å². The van der Waals surface area contributed by atoms with Gasteiger partial charge in [0.15, 0.2) is 0 Å². The van der Waals surface area contributed by atoms with Gasteiger partial charge in [-0.2, -0.15) is 0 Å². The number of hydrogen-bond donors (Lipinski definition) is 0. The summed E-state index contributed by atoms with van der Waals surface area (Å²) < 4.78 is 17.0. The highest BCUT2D eigenvalue weighted by atomic mass is 19.1. The summed E-state index contributed by atoms with van der Waals surface area (Å²) >= 11 is 0. The summed E-state index contributed by atoms with van der Waals surface area (Å²) in [6, 6.07) is 17.0. The number of morpholine rings is 1. The molecule has 0 unspecified atom stereocenters. The van der Waals surface area contributed by atoms with Crippen LogP contribution in [0, 0.1) is 5.82 Å². The molecule has 3 rings (SSSR count). The van der Waals surface area contributed by atoms with Gasteiger partial charge in [0.2, 0.25) is 0 Å². The Morgan fingerprint density at radius 2 is 1.18 bits per heavy atom. The molecule has 3 nitrogen and oxygen atoms in total. The molecule has 1 fully saturated rings. The summed E-state index contributed by atoms with van der Waals surface area (Å²) in [5.41, 5.74) is 0.729. The van der Waals surface area contributed by atoms with Crippen LogP contribution in [0.3, 0.4) is 0 Å². The third kappa shape index (κ3) is 22.0. The van der Waals surface area contributed by atoms with E-state index in [1.165, 1.54) is 12.1 Å². The second-order valence-corrected chi connectivity index (χ2v) is 4.74. The fourth-order valence-corrected chi connectivity index (χ4v) is 1.60. The summed E-state index contributed by atoms with van der Waals surface area (Å²) in [5, 5.41) is 0. The first-order chi connectivity index (χ1) is 13.7. The Morgan fingerprint density at radius 1 is 0.786 bits per heavy atom. The minimum atomic E-state index is -0.178. The van der Waals surface area contributed by atoms with Crippen molar-refractivity contribution in [1.29, 1.82) is 0 Å². The van der Waals surface area contributed by atoms with Crippen molar-refractivity contribution in [2.75, 3.05) is 33.4 Å². The molecule has 0 spiro atoms. The average molecular weight is 394 g/mol. The number of hydrogen-bond acceptors (Lipinski definition) is 3. The molecule has 1 aliphatic heterocycles. The highest BCUT2D eigenvalue weighted by Crippen LogP contribution is 1.92. The van der Waals surface area contributed by atoms with E-state index in [1.807, 2.05) is 59.7 Å². The maximum Gasteiger partial charge on any atom is 0.150 e. The molecule has 1 heterocycles. The smallest absolute Gasteiger partial charge is 0.150 e. The van der Waals surface area contributed by atoms with Crippen LogP contribution in [0.25, 0.3) is 0 Å². The van der Waals surface area contributed by atoms with Gasteiger partial charge >= 0.3 is 0 Å². The van der Waals surface area contributed by atoms with E-state index < -0.39 is 0 Å². The third-order valence-electron chi connectivity index (χ3n) is 2.90. The summed E-state index contributed by atoms with van der Waals surface area (Å²) in [6.07, 6.45) is 0.833. The summed E-state index contributed by atoms with van der Waals surface area (Å²) in [6.45, 7) is 16.0. The van der Waals surface area contributed by atoms with Crippen molar-refractivity contribution < 1.29 is 13.9 Å². The van der Waals surface area contributed by atoms with Gasteiger partial charge in [-0.15, -0.1) is 0 Å². The lowest BCUT2D eigenvalue weighted by Crippen LogP contribution is -2.32. The number of ether oxygens (including phenoxy) is 1. The lowest BCUT2D eigenvalue weighted by molar-refractivity contribution is 0.0503. The van der Waals surface area contributed by atoms with Crippen molar-refractivity contribution in [3.63, 3.8) is 0 Å². The number of benzene rings is 2. The standard InChI is InChI=1S/C7H6O.C6H5F.C5H11NO.3C2H6/c8-6-7-4-2-1-3-5-7;7-6-4-2-1-3-5-6;1-6-2-4-7-5-3-6;3*1-2/h1-6H;1-5H;2-5H2,1H3;3*1-2H3. The van der Waals surface area contributed by atoms with Crippen molar-refractivity contribution >= 4 is 6.29 Å². The quantitative estimate of drug-likeness (QED) is 0.529. The van der Waals surface area contributed by atoms with E-state index in [4.69, 9.17) is 4.74 Å². The molecule has 2 aromatic carbocycles. The molecule has 0 saturated carbocycles. The van der Waals surface area contributed by atoms with Gasteiger partial charge in [-0.25, -0.2) is 4.39 Å². The zero-order valence-electron chi connectivity index (χ0n) is 18.8. The van der Waals surface area contributed by atoms with E-state index in [1.54, 1.807) is 30.3 Å². The zero-order chi connectivity index (χ0) is 22.0. The number of carbonyl (C=O) groups excluding carboxylic acids is 1. The van der Waals surface area contributed by atoms with Crippen LogP contribution < -0.4 is 0 Å². The maximum absolute atomic E-state index is 11.9. The minimum Gasteiger partial charge on any atom is -0.379 e. The van der Waals surface area contributed by atoms with Crippen LogP contribution in [0.2, 0.25) is 0 Å². The maximum atomic E-state index is 11.9. The molecule has 0 aromatic heterocycles. The Morgan fingerprint density at radius 3 is 1.39 bits per heavy atom. The molecule has 0 amide bonds. The molecule has 28 heavy (non-hydrogen) atoms. The Balaban J connectivity index is -0.000000296. The molecular weight excluding hydrogens is 353 g/mol. The van der Waals surface area contributed by atoms with Crippen LogP contribution in [0.1, 0.15) is 51.9 Å². The lowest BCUT2D eigenvalue weighted by atomic mass is 10.2. The van der Waals surface area contributed by atoms with E-state index in [0.29, 0.717) is 0 Å². The minimum absolute atomic E-state index is 0.178. The van der Waals surface area contributed by atoms with Gasteiger partial charge in [0.05, 0.1) is 13.2 Å². The van der Waals surface area contributed by atoms with Crippen molar-refractivity contribution in [2.24, 2.45) is 0 Å². The van der Waals surface area contributed by atoms with Crippen molar-refractivity contribution in [2.45, 2.75) is 41.5 Å². The molecule has 1 saturated heterocycles. The molecule has 0 radical (unpaired) electrons. The molecule has 1 aliphatic rings. The molecule has 160 valence electrons. The van der Waals surface area contributed by atoms with Gasteiger partial charge in [0.25, 0.3) is 0 Å². The predicted molar refractivity (Wildman–Crippen MR) is 121 cm³/mol. The summed E-state index contributed by atoms with van der Waals surface area (Å²) in [5.74, 6) is -0.178. The number of aldehydes is 1. The number of likely N-dealkylation sites (N-methyl/N-ethyl adjacent to an activating group) is 1. The average Bonchev–Trinajstić information content (AvgIpc) is 2.80. The van der Waals surface area contributed by atoms with Gasteiger partial charge in [0.1, 0.15) is 12.1 Å². The highest BCUT2D eigenvalue weighted by Gasteiger charge is 2.02. The lowest BCUT2D eigenvalue weighted by Gasteiger charge is -2.21. The van der Waals surface area contributed by atoms with Gasteiger partial charge in [-0.05, 0) is 19.2 Å². The van der Waals surface area contributed by atoms with E-state index in [2.05, 4.69) is 11.9 Å². The topological polar surface area (TPSA) is 29.5 Å². The van der Waals surface area contributed by atoms with Crippen molar-refractivity contribution in [3.8, 4) is 0 Å². The molecule has 4 heteroatoms. The van der Waals surface area contributed by atoms with Crippen molar-refractivity contribution in [3.05, 3.63) is 72.0 Å². The van der Waals surface area contributed by atoms with E-state index in [-0.39, 0.29) is 5.82 Å². The van der Waals surface area contributed by atoms with Crippen LogP contribution in [0.4, 0.5) is 4.39 Å². The zero-order valence-corrected chi connectivity index (χ0v) is 18.8. The number of carbonyl (C=O) groups is 1. The molecule has 0 atom stereocenters. The molecule has 0 N–H and O–H groups in total. The monoisotopic (exact) mass is 393 g/mol. The van der Waals surface area contributed by atoms with Gasteiger partial charge in [0, 0.05) is 18.7 Å². The Hall–Kier alpha value is -2.04. The van der Waals surface area contributed by atoms with E-state index >= 15 is 0 Å². The first kappa shape index (κ1) is 30.7. The molecule has 0 bridgehead atoms. The Kier molecular flexibility index (Phi) is 29.8. The first-order valence-electron chi connectivity index (χ1n) is 10.2. The Bertz CT molecular complexity index is 501. The van der Waals surface area contributed by atoms with Crippen molar-refractivity contribution in [1.82, 2.24) is 4.90 Å². The first-order valence-corrected chi connectivity index (χ1v) is 10.2. The molecular formula is C24H40FNO2. The normalized spacial score (nSPS) is 11.6. The summed E-state index contributed by atoms with van der Waals surface area (Å²) in [7, 11) is 2.11. The van der Waals surface area contributed by atoms with Gasteiger partial charge in [-0.1, -0.05) is 90.1 Å². The van der Waals surface area contributed by atoms with Crippen LogP contribution in [0.5, 0.6) is 0 Å². The molecule has 0 aliphatic carbocycles. The largest absolute Gasteiger partial charge is 0.379 e. The molecule has 2 aromatic rings. The Labute approximate surface area is 172 Å². The van der Waals surface area contributed by atoms with Crippen LogP contribution in [-0.4, -0.2) is 44.5 Å². The number of rotatable bonds is 1. The van der Waals surface area contributed by atoms with Gasteiger partial charge in [-0.3, -0.25) is 4.79 Å². The SMILES string of the molecule is CC.CC.CC.CN1CCOCC1.Fc1ccccc1.O=Cc1ccccc1. The van der Waals surface area contributed by atoms with E-state index in [0.717, 1.165) is 38.2 Å². The highest BCUT2D eigenvalue weighted by molar-refractivity contribution is 5.74. The third-order valence-corrected chi connectivity index (χ3v) is 2.90. The number of halogens is 1. The fourth-order valence-electron chi connectivity index (χ4n) is 1.60. The van der Waals surface area contributed by atoms with Crippen LogP contribution >= 0.6 is 0 Å². The second-order valence-electron chi connectivity index (χ2n) is 4.74.